The zero-order chi connectivity index (χ0) is 18.0. The van der Waals surface area contributed by atoms with E-state index in [0.717, 1.165) is 42.5 Å². The second-order valence-electron chi connectivity index (χ2n) is 6.43. The van der Waals surface area contributed by atoms with Gasteiger partial charge < -0.3 is 9.80 Å². The Bertz CT molecular complexity index is 813. The zero-order valence-corrected chi connectivity index (χ0v) is 16.4. The first-order valence-corrected chi connectivity index (χ1v) is 10.9. The summed E-state index contributed by atoms with van der Waals surface area (Å²) in [5, 5.41) is 6.35. The fourth-order valence-electron chi connectivity index (χ4n) is 3.21. The Morgan fingerprint density at radius 1 is 1.20 bits per heavy atom. The first-order chi connectivity index (χ1) is 11.8. The molecule has 3 rings (SSSR count). The molecule has 2 aromatic rings. The summed E-state index contributed by atoms with van der Waals surface area (Å²) >= 11 is 7.62. The maximum absolute atomic E-state index is 11.3. The summed E-state index contributed by atoms with van der Waals surface area (Å²) in [4.78, 5) is 4.73. The number of hydrogen-bond donors (Lipinski definition) is 1. The molecule has 0 bridgehead atoms. The first kappa shape index (κ1) is 18.5. The number of halogens is 1. The molecular formula is C17H22ClN3O2S2. The molecule has 1 saturated heterocycles. The lowest BCUT2D eigenvalue weighted by atomic mass is 9.96. The maximum Gasteiger partial charge on any atom is 0.238 e. The molecule has 25 heavy (non-hydrogen) atoms. The van der Waals surface area contributed by atoms with E-state index in [-0.39, 0.29) is 4.90 Å². The molecule has 0 unspecified atom stereocenters. The van der Waals surface area contributed by atoms with Crippen LogP contribution >= 0.6 is 22.9 Å². The summed E-state index contributed by atoms with van der Waals surface area (Å²) in [5.74, 6) is 0.644. The predicted molar refractivity (Wildman–Crippen MR) is 105 cm³/mol. The molecule has 8 heteroatoms. The van der Waals surface area contributed by atoms with Crippen LogP contribution in [-0.2, 0) is 10.0 Å². The third-order valence-electron chi connectivity index (χ3n) is 4.61. The molecule has 1 aliphatic heterocycles. The highest BCUT2D eigenvalue weighted by Crippen LogP contribution is 2.31. The van der Waals surface area contributed by atoms with Gasteiger partial charge in [-0.3, -0.25) is 0 Å². The molecule has 1 fully saturated rings. The lowest BCUT2D eigenvalue weighted by Gasteiger charge is -2.35. The largest absolute Gasteiger partial charge is 0.372 e. The van der Waals surface area contributed by atoms with Crippen molar-refractivity contribution in [2.75, 3.05) is 36.5 Å². The van der Waals surface area contributed by atoms with Gasteiger partial charge in [0.15, 0.2) is 0 Å². The van der Waals surface area contributed by atoms with Gasteiger partial charge in [0.1, 0.15) is 0 Å². The smallest absolute Gasteiger partial charge is 0.238 e. The van der Waals surface area contributed by atoms with Crippen molar-refractivity contribution in [1.82, 2.24) is 0 Å². The SMILES string of the molecule is CN(CC1CCN(c2ccc(S(N)(=O)=O)cc2)CC1)c1ccc(Cl)s1. The molecule has 0 spiro atoms. The molecule has 1 aliphatic rings. The molecule has 136 valence electrons. The minimum Gasteiger partial charge on any atom is -0.372 e. The van der Waals surface area contributed by atoms with E-state index >= 15 is 0 Å². The van der Waals surface area contributed by atoms with Gasteiger partial charge in [0.25, 0.3) is 0 Å². The van der Waals surface area contributed by atoms with Gasteiger partial charge in [0, 0.05) is 32.4 Å². The van der Waals surface area contributed by atoms with Gasteiger partial charge in [-0.25, -0.2) is 13.6 Å². The predicted octanol–water partition coefficient (Wildman–Crippen LogP) is 3.40. The molecule has 0 saturated carbocycles. The van der Waals surface area contributed by atoms with E-state index < -0.39 is 10.0 Å². The lowest BCUT2D eigenvalue weighted by Crippen LogP contribution is -2.37. The highest BCUT2D eigenvalue weighted by molar-refractivity contribution is 7.89. The lowest BCUT2D eigenvalue weighted by molar-refractivity contribution is 0.409. The number of rotatable bonds is 5. The molecule has 5 nitrogen and oxygen atoms in total. The highest BCUT2D eigenvalue weighted by atomic mass is 35.5. The van der Waals surface area contributed by atoms with E-state index in [4.69, 9.17) is 16.7 Å². The van der Waals surface area contributed by atoms with Crippen molar-refractivity contribution < 1.29 is 8.42 Å². The van der Waals surface area contributed by atoms with Gasteiger partial charge in [-0.15, -0.1) is 11.3 Å². The highest BCUT2D eigenvalue weighted by Gasteiger charge is 2.21. The van der Waals surface area contributed by atoms with Crippen LogP contribution in [0.15, 0.2) is 41.3 Å². The number of thiophene rings is 1. The Hall–Kier alpha value is -1.28. The second-order valence-corrected chi connectivity index (χ2v) is 9.68. The normalized spacial score (nSPS) is 16.2. The van der Waals surface area contributed by atoms with E-state index in [1.807, 2.05) is 18.2 Å². The maximum atomic E-state index is 11.3. The van der Waals surface area contributed by atoms with Crippen molar-refractivity contribution in [2.24, 2.45) is 11.1 Å². The molecule has 0 radical (unpaired) electrons. The molecule has 0 amide bonds. The van der Waals surface area contributed by atoms with Crippen LogP contribution in [-0.4, -0.2) is 35.1 Å². The summed E-state index contributed by atoms with van der Waals surface area (Å²) in [6.07, 6.45) is 2.22. The minimum atomic E-state index is -3.63. The topological polar surface area (TPSA) is 66.6 Å². The van der Waals surface area contributed by atoms with Gasteiger partial charge in [-0.2, -0.15) is 0 Å². The van der Waals surface area contributed by atoms with Gasteiger partial charge >= 0.3 is 0 Å². The number of primary sulfonamides is 1. The third kappa shape index (κ3) is 4.67. The third-order valence-corrected chi connectivity index (χ3v) is 6.89. The van der Waals surface area contributed by atoms with Crippen molar-refractivity contribution >= 4 is 43.6 Å². The molecule has 0 aliphatic carbocycles. The van der Waals surface area contributed by atoms with Crippen molar-refractivity contribution in [1.29, 1.82) is 0 Å². The number of hydrogen-bond acceptors (Lipinski definition) is 5. The summed E-state index contributed by atoms with van der Waals surface area (Å²) in [6.45, 7) is 2.96. The zero-order valence-electron chi connectivity index (χ0n) is 14.1. The molecular weight excluding hydrogens is 378 g/mol. The first-order valence-electron chi connectivity index (χ1n) is 8.17. The Morgan fingerprint density at radius 2 is 1.84 bits per heavy atom. The summed E-state index contributed by atoms with van der Waals surface area (Å²) in [6, 6.07) is 10.8. The van der Waals surface area contributed by atoms with Crippen LogP contribution in [0.25, 0.3) is 0 Å². The van der Waals surface area contributed by atoms with Crippen LogP contribution in [0, 0.1) is 5.92 Å². The summed E-state index contributed by atoms with van der Waals surface area (Å²) < 4.78 is 23.5. The number of piperidine rings is 1. The average Bonchev–Trinajstić information content (AvgIpc) is 3.02. The van der Waals surface area contributed by atoms with Crippen molar-refractivity contribution in [3.05, 3.63) is 40.7 Å². The monoisotopic (exact) mass is 399 g/mol. The number of nitrogens with zero attached hydrogens (tertiary/aromatic N) is 2. The average molecular weight is 400 g/mol. The Balaban J connectivity index is 1.55. The van der Waals surface area contributed by atoms with Crippen molar-refractivity contribution in [2.45, 2.75) is 17.7 Å². The molecule has 0 atom stereocenters. The molecule has 2 N–H and O–H groups in total. The second kappa shape index (κ2) is 7.53. The van der Waals surface area contributed by atoms with Crippen LogP contribution in [0.3, 0.4) is 0 Å². The Kier molecular flexibility index (Phi) is 5.58. The Labute approximate surface area is 158 Å². The summed E-state index contributed by atoms with van der Waals surface area (Å²) in [5.41, 5.74) is 1.05. The van der Waals surface area contributed by atoms with E-state index in [2.05, 4.69) is 22.9 Å². The molecule has 1 aromatic heterocycles. The number of sulfonamides is 1. The number of nitrogens with two attached hydrogens (primary N) is 1. The van der Waals surface area contributed by atoms with Crippen molar-refractivity contribution in [3.8, 4) is 0 Å². The quantitative estimate of drug-likeness (QED) is 0.836. The molecule has 1 aromatic carbocycles. The van der Waals surface area contributed by atoms with Gasteiger partial charge in [-0.05, 0) is 55.2 Å². The van der Waals surface area contributed by atoms with Gasteiger partial charge in [-0.1, -0.05) is 11.6 Å². The van der Waals surface area contributed by atoms with E-state index in [0.29, 0.717) is 5.92 Å². The van der Waals surface area contributed by atoms with Crippen LogP contribution in [0.5, 0.6) is 0 Å². The van der Waals surface area contributed by atoms with Crippen LogP contribution in [0.1, 0.15) is 12.8 Å². The fraction of sp³-hybridized carbons (Fsp3) is 0.412. The van der Waals surface area contributed by atoms with Crippen molar-refractivity contribution in [3.63, 3.8) is 0 Å². The standard InChI is InChI=1S/C17H22ClN3O2S2/c1-20(17-7-6-16(18)24-17)12-13-8-10-21(11-9-13)14-2-4-15(5-3-14)25(19,22)23/h2-7,13H,8-12H2,1H3,(H2,19,22,23). The van der Waals surface area contributed by atoms with Crippen LogP contribution in [0.2, 0.25) is 4.34 Å². The van der Waals surface area contributed by atoms with Gasteiger partial charge in [0.05, 0.1) is 14.2 Å². The Morgan fingerprint density at radius 3 is 2.36 bits per heavy atom. The van der Waals surface area contributed by atoms with Crippen LogP contribution < -0.4 is 14.9 Å². The van der Waals surface area contributed by atoms with E-state index in [9.17, 15) is 8.42 Å². The summed E-state index contributed by atoms with van der Waals surface area (Å²) in [7, 11) is -1.52. The van der Waals surface area contributed by atoms with E-state index in [1.54, 1.807) is 23.5 Å². The van der Waals surface area contributed by atoms with Crippen LogP contribution in [0.4, 0.5) is 10.7 Å². The van der Waals surface area contributed by atoms with E-state index in [1.165, 1.54) is 5.00 Å². The fourth-order valence-corrected chi connectivity index (χ4v) is 4.73. The molecule has 2 heterocycles. The van der Waals surface area contributed by atoms with Gasteiger partial charge in [0.2, 0.25) is 10.0 Å². The number of benzene rings is 1. The number of anilines is 2. The minimum absolute atomic E-state index is 0.155.